The van der Waals surface area contributed by atoms with Gasteiger partial charge in [0.1, 0.15) is 6.04 Å². The van der Waals surface area contributed by atoms with Crippen LogP contribution < -0.4 is 0 Å². The zero-order valence-electron chi connectivity index (χ0n) is 16.2. The minimum atomic E-state index is -0.148. The molecule has 2 aromatic carbocycles. The Labute approximate surface area is 165 Å². The molecule has 0 bridgehead atoms. The number of nitrogens with zero attached hydrogens (tertiary/aromatic N) is 3. The topological polar surface area (TPSA) is 59.2 Å². The zero-order valence-corrected chi connectivity index (χ0v) is 16.2. The molecule has 28 heavy (non-hydrogen) atoms. The molecule has 0 spiro atoms. The summed E-state index contributed by atoms with van der Waals surface area (Å²) in [6, 6.07) is 17.7. The molecule has 0 N–H and O–H groups in total. The molecule has 1 atom stereocenters. The van der Waals surface area contributed by atoms with Gasteiger partial charge in [0.05, 0.1) is 6.42 Å². The lowest BCUT2D eigenvalue weighted by Crippen LogP contribution is -2.36. The lowest BCUT2D eigenvalue weighted by molar-refractivity contribution is -0.133. The fourth-order valence-electron chi connectivity index (χ4n) is 3.83. The van der Waals surface area contributed by atoms with Crippen LogP contribution in [0, 0.1) is 6.92 Å². The summed E-state index contributed by atoms with van der Waals surface area (Å²) < 4.78 is 6.00. The normalized spacial score (nSPS) is 17.3. The van der Waals surface area contributed by atoms with Crippen molar-refractivity contribution < 1.29 is 9.21 Å². The Morgan fingerprint density at radius 1 is 1.07 bits per heavy atom. The summed E-state index contributed by atoms with van der Waals surface area (Å²) in [6.07, 6.45) is 4.44. The van der Waals surface area contributed by atoms with Gasteiger partial charge in [-0.15, -0.1) is 10.2 Å². The van der Waals surface area contributed by atoms with Crippen LogP contribution in [0.4, 0.5) is 0 Å². The van der Waals surface area contributed by atoms with E-state index in [0.29, 0.717) is 18.2 Å². The predicted octanol–water partition coefficient (Wildman–Crippen LogP) is 4.73. The quantitative estimate of drug-likeness (QED) is 0.661. The first-order valence-electron chi connectivity index (χ1n) is 9.94. The number of likely N-dealkylation sites (tertiary alicyclic amines) is 1. The van der Waals surface area contributed by atoms with Gasteiger partial charge in [-0.3, -0.25) is 4.79 Å². The Bertz CT molecular complexity index is 936. The van der Waals surface area contributed by atoms with Crippen molar-refractivity contribution in [1.29, 1.82) is 0 Å². The molecule has 0 saturated carbocycles. The molecule has 144 valence electrons. The summed E-state index contributed by atoms with van der Waals surface area (Å²) in [5.41, 5.74) is 3.11. The van der Waals surface area contributed by atoms with E-state index < -0.39 is 0 Å². The Morgan fingerprint density at radius 3 is 2.75 bits per heavy atom. The third-order valence-corrected chi connectivity index (χ3v) is 5.26. The van der Waals surface area contributed by atoms with Crippen molar-refractivity contribution in [2.45, 2.75) is 45.1 Å². The Kier molecular flexibility index (Phi) is 5.51. The minimum Gasteiger partial charge on any atom is -0.418 e. The van der Waals surface area contributed by atoms with Crippen molar-refractivity contribution in [2.24, 2.45) is 0 Å². The van der Waals surface area contributed by atoms with E-state index in [9.17, 15) is 4.79 Å². The summed E-state index contributed by atoms with van der Waals surface area (Å²) in [7, 11) is 0. The molecule has 1 aromatic heterocycles. The number of hydrogen-bond donors (Lipinski definition) is 0. The van der Waals surface area contributed by atoms with Crippen LogP contribution in [-0.4, -0.2) is 27.5 Å². The van der Waals surface area contributed by atoms with Crippen LogP contribution in [0.1, 0.15) is 48.7 Å². The largest absolute Gasteiger partial charge is 0.418 e. The maximum Gasteiger partial charge on any atom is 0.247 e. The second-order valence-corrected chi connectivity index (χ2v) is 7.43. The number of aryl methyl sites for hydroxylation is 1. The first kappa shape index (κ1) is 18.4. The smallest absolute Gasteiger partial charge is 0.247 e. The minimum absolute atomic E-state index is 0.122. The first-order valence-corrected chi connectivity index (χ1v) is 9.94. The Balaban J connectivity index is 1.57. The van der Waals surface area contributed by atoms with Crippen LogP contribution in [0.2, 0.25) is 0 Å². The number of hydrogen-bond acceptors (Lipinski definition) is 4. The van der Waals surface area contributed by atoms with Gasteiger partial charge < -0.3 is 9.32 Å². The van der Waals surface area contributed by atoms with E-state index >= 15 is 0 Å². The van der Waals surface area contributed by atoms with Gasteiger partial charge in [0.25, 0.3) is 0 Å². The number of rotatable bonds is 4. The monoisotopic (exact) mass is 375 g/mol. The van der Waals surface area contributed by atoms with Gasteiger partial charge in [0.2, 0.25) is 17.7 Å². The van der Waals surface area contributed by atoms with Crippen molar-refractivity contribution in [3.05, 3.63) is 71.6 Å². The molecule has 1 aliphatic rings. The Hall–Kier alpha value is -2.95. The average molecular weight is 375 g/mol. The summed E-state index contributed by atoms with van der Waals surface area (Å²) in [5, 5.41) is 8.53. The number of carbonyl (C=O) groups is 1. The SMILES string of the molecule is Cc1cccc(CC(=O)N2CCCCCC2c2nnc(-c3ccccc3)o2)c1. The molecule has 1 fully saturated rings. The van der Waals surface area contributed by atoms with E-state index in [1.54, 1.807) is 0 Å². The highest BCUT2D eigenvalue weighted by Gasteiger charge is 2.31. The van der Waals surface area contributed by atoms with Crippen LogP contribution in [0.25, 0.3) is 11.5 Å². The number of aromatic nitrogens is 2. The van der Waals surface area contributed by atoms with Crippen molar-refractivity contribution >= 4 is 5.91 Å². The highest BCUT2D eigenvalue weighted by Crippen LogP contribution is 2.31. The van der Waals surface area contributed by atoms with Crippen molar-refractivity contribution in [3.8, 4) is 11.5 Å². The molecular weight excluding hydrogens is 350 g/mol. The van der Waals surface area contributed by atoms with Gasteiger partial charge in [-0.05, 0) is 37.5 Å². The summed E-state index contributed by atoms with van der Waals surface area (Å²) >= 11 is 0. The van der Waals surface area contributed by atoms with Gasteiger partial charge in [-0.1, -0.05) is 60.9 Å². The zero-order chi connectivity index (χ0) is 19.3. The van der Waals surface area contributed by atoms with Gasteiger partial charge in [-0.2, -0.15) is 0 Å². The summed E-state index contributed by atoms with van der Waals surface area (Å²) in [4.78, 5) is 15.1. The standard InChI is InChI=1S/C23H25N3O2/c1-17-9-8-10-18(15-17)16-21(27)26-14-7-3-6-13-20(26)23-25-24-22(28-23)19-11-4-2-5-12-19/h2,4-5,8-12,15,20H,3,6-7,13-14,16H2,1H3. The summed E-state index contributed by atoms with van der Waals surface area (Å²) in [6.45, 7) is 2.78. The van der Waals surface area contributed by atoms with Crippen LogP contribution in [0.3, 0.4) is 0 Å². The van der Waals surface area contributed by atoms with Crippen LogP contribution in [0.5, 0.6) is 0 Å². The molecule has 0 radical (unpaired) electrons. The maximum absolute atomic E-state index is 13.1. The van der Waals surface area contributed by atoms with E-state index in [-0.39, 0.29) is 11.9 Å². The lowest BCUT2D eigenvalue weighted by atomic mass is 10.1. The summed E-state index contributed by atoms with van der Waals surface area (Å²) in [5.74, 6) is 1.17. The predicted molar refractivity (Wildman–Crippen MR) is 108 cm³/mol. The Morgan fingerprint density at radius 2 is 1.93 bits per heavy atom. The maximum atomic E-state index is 13.1. The molecule has 3 aromatic rings. The van der Waals surface area contributed by atoms with Crippen molar-refractivity contribution in [1.82, 2.24) is 15.1 Å². The fraction of sp³-hybridized carbons (Fsp3) is 0.348. The van der Waals surface area contributed by atoms with E-state index in [1.165, 1.54) is 5.56 Å². The third kappa shape index (κ3) is 4.14. The number of amides is 1. The number of benzene rings is 2. The van der Waals surface area contributed by atoms with Crippen molar-refractivity contribution in [2.75, 3.05) is 6.54 Å². The van der Waals surface area contributed by atoms with Gasteiger partial charge >= 0.3 is 0 Å². The van der Waals surface area contributed by atoms with Crippen LogP contribution in [-0.2, 0) is 11.2 Å². The molecule has 1 aliphatic heterocycles. The molecule has 2 heterocycles. The molecule has 5 nitrogen and oxygen atoms in total. The van der Waals surface area contributed by atoms with Crippen LogP contribution >= 0.6 is 0 Å². The van der Waals surface area contributed by atoms with E-state index in [2.05, 4.69) is 16.3 Å². The molecule has 5 heteroatoms. The van der Waals surface area contributed by atoms with Gasteiger partial charge in [-0.25, -0.2) is 0 Å². The second-order valence-electron chi connectivity index (χ2n) is 7.43. The lowest BCUT2D eigenvalue weighted by Gasteiger charge is -2.27. The van der Waals surface area contributed by atoms with E-state index in [4.69, 9.17) is 4.42 Å². The molecule has 0 aliphatic carbocycles. The van der Waals surface area contributed by atoms with E-state index in [1.807, 2.05) is 60.4 Å². The van der Waals surface area contributed by atoms with Gasteiger partial charge in [0, 0.05) is 12.1 Å². The highest BCUT2D eigenvalue weighted by molar-refractivity contribution is 5.79. The second kappa shape index (κ2) is 8.38. The first-order chi connectivity index (χ1) is 13.7. The fourth-order valence-corrected chi connectivity index (χ4v) is 3.83. The van der Waals surface area contributed by atoms with Gasteiger partial charge in [0.15, 0.2) is 0 Å². The average Bonchev–Trinajstić information content (AvgIpc) is 3.06. The van der Waals surface area contributed by atoms with Crippen molar-refractivity contribution in [3.63, 3.8) is 0 Å². The van der Waals surface area contributed by atoms with E-state index in [0.717, 1.165) is 43.4 Å². The third-order valence-electron chi connectivity index (χ3n) is 5.26. The van der Waals surface area contributed by atoms with Crippen LogP contribution in [0.15, 0.2) is 59.0 Å². The molecule has 1 amide bonds. The number of carbonyl (C=O) groups excluding carboxylic acids is 1. The molecule has 4 rings (SSSR count). The molecule has 1 saturated heterocycles. The highest BCUT2D eigenvalue weighted by atomic mass is 16.4. The molecule has 1 unspecified atom stereocenters. The molecular formula is C23H25N3O2.